The molecule has 4 nitrogen and oxygen atoms in total. The number of hydrogen-bond acceptors (Lipinski definition) is 4. The third kappa shape index (κ3) is 3.34. The first kappa shape index (κ1) is 15.9. The molecule has 0 bridgehead atoms. The number of hydrogen-bond donors (Lipinski definition) is 0. The van der Waals surface area contributed by atoms with Crippen LogP contribution < -0.4 is 4.90 Å². The van der Waals surface area contributed by atoms with E-state index < -0.39 is 0 Å². The van der Waals surface area contributed by atoms with Gasteiger partial charge in [0, 0.05) is 12.6 Å². The maximum absolute atomic E-state index is 12.5. The molecular weight excluding hydrogens is 318 g/mol. The largest absolute Gasteiger partial charge is 0.285 e. The van der Waals surface area contributed by atoms with Crippen LogP contribution in [-0.2, 0) is 4.79 Å². The zero-order valence-corrected chi connectivity index (χ0v) is 14.0. The Morgan fingerprint density at radius 2 is 2.00 bits per heavy atom. The molecule has 5 heteroatoms. The van der Waals surface area contributed by atoms with Gasteiger partial charge in [0.25, 0.3) is 5.91 Å². The normalized spacial score (nSPS) is 10.8. The first-order valence-corrected chi connectivity index (χ1v) is 8.38. The number of carbonyl (C=O) groups is 1. The summed E-state index contributed by atoms with van der Waals surface area (Å²) in [5, 5.41) is 9.50. The highest BCUT2D eigenvalue weighted by molar-refractivity contribution is 7.22. The summed E-state index contributed by atoms with van der Waals surface area (Å²) in [7, 11) is 0. The van der Waals surface area contributed by atoms with Crippen molar-refractivity contribution >= 4 is 38.7 Å². The minimum atomic E-state index is -0.110. The summed E-state index contributed by atoms with van der Waals surface area (Å²) in [6, 6.07) is 17.0. The van der Waals surface area contributed by atoms with E-state index in [1.54, 1.807) is 23.1 Å². The molecule has 0 fully saturated rings. The van der Waals surface area contributed by atoms with Gasteiger partial charge in [-0.3, -0.25) is 9.69 Å². The van der Waals surface area contributed by atoms with E-state index in [1.165, 1.54) is 17.4 Å². The van der Waals surface area contributed by atoms with Crippen LogP contribution in [0.5, 0.6) is 0 Å². The third-order valence-electron chi connectivity index (χ3n) is 3.55. The monoisotopic (exact) mass is 333 g/mol. The second-order valence-corrected chi connectivity index (χ2v) is 6.12. The molecule has 24 heavy (non-hydrogen) atoms. The lowest BCUT2D eigenvalue weighted by Gasteiger charge is -2.15. The predicted octanol–water partition coefficient (Wildman–Crippen LogP) is 4.23. The molecule has 0 aliphatic rings. The van der Waals surface area contributed by atoms with E-state index >= 15 is 0 Å². The van der Waals surface area contributed by atoms with Crippen molar-refractivity contribution < 1.29 is 4.79 Å². The van der Waals surface area contributed by atoms with Crippen LogP contribution in [0.25, 0.3) is 16.3 Å². The van der Waals surface area contributed by atoms with Gasteiger partial charge >= 0.3 is 0 Å². The van der Waals surface area contributed by atoms with Crippen LogP contribution >= 0.6 is 11.3 Å². The van der Waals surface area contributed by atoms with Crippen molar-refractivity contribution in [2.45, 2.75) is 6.92 Å². The average molecular weight is 333 g/mol. The maximum Gasteiger partial charge on any atom is 0.252 e. The van der Waals surface area contributed by atoms with Gasteiger partial charge in [-0.05, 0) is 42.8 Å². The van der Waals surface area contributed by atoms with E-state index in [4.69, 9.17) is 5.26 Å². The minimum Gasteiger partial charge on any atom is -0.285 e. The number of amides is 1. The van der Waals surface area contributed by atoms with Gasteiger partial charge in [-0.2, -0.15) is 5.26 Å². The van der Waals surface area contributed by atoms with Gasteiger partial charge in [0.2, 0.25) is 0 Å². The van der Waals surface area contributed by atoms with E-state index in [1.807, 2.05) is 43.3 Å². The van der Waals surface area contributed by atoms with Crippen molar-refractivity contribution in [2.75, 3.05) is 11.4 Å². The van der Waals surface area contributed by atoms with Crippen LogP contribution in [0.2, 0.25) is 0 Å². The average Bonchev–Trinajstić information content (AvgIpc) is 3.04. The smallest absolute Gasteiger partial charge is 0.252 e. The number of nitrogens with zero attached hydrogens (tertiary/aromatic N) is 3. The standard InChI is InChI=1S/C19H15N3OS/c1-2-22(19-21-16-5-3-4-6-17(16)24-19)18(23)12-11-14-7-9-15(13-20)10-8-14/h3-12H,2H2,1H3/b12-11+. The number of likely N-dealkylation sites (N-methyl/N-ethyl adjacent to an activating group) is 1. The third-order valence-corrected chi connectivity index (χ3v) is 4.61. The second-order valence-electron chi connectivity index (χ2n) is 5.11. The van der Waals surface area contributed by atoms with Crippen molar-refractivity contribution in [3.63, 3.8) is 0 Å². The Kier molecular flexibility index (Phi) is 4.69. The SMILES string of the molecule is CCN(C(=O)/C=C/c1ccc(C#N)cc1)c1nc2ccccc2s1. The number of nitriles is 1. The fourth-order valence-electron chi connectivity index (χ4n) is 2.29. The molecule has 0 atom stereocenters. The van der Waals surface area contributed by atoms with Gasteiger partial charge in [0.15, 0.2) is 5.13 Å². The van der Waals surface area contributed by atoms with E-state index in [0.29, 0.717) is 17.2 Å². The molecule has 1 amide bonds. The maximum atomic E-state index is 12.5. The van der Waals surface area contributed by atoms with Gasteiger partial charge in [-0.1, -0.05) is 35.6 Å². The number of para-hydroxylation sites is 1. The van der Waals surface area contributed by atoms with Crippen LogP contribution in [0.3, 0.4) is 0 Å². The molecule has 0 unspecified atom stereocenters. The van der Waals surface area contributed by atoms with Crippen LogP contribution in [-0.4, -0.2) is 17.4 Å². The molecule has 3 rings (SSSR count). The van der Waals surface area contributed by atoms with Gasteiger partial charge in [0.05, 0.1) is 21.8 Å². The highest BCUT2D eigenvalue weighted by Crippen LogP contribution is 2.28. The molecule has 3 aromatic rings. The van der Waals surface area contributed by atoms with E-state index in [0.717, 1.165) is 15.8 Å². The number of aromatic nitrogens is 1. The number of rotatable bonds is 4. The molecule has 0 radical (unpaired) electrons. The summed E-state index contributed by atoms with van der Waals surface area (Å²) >= 11 is 1.51. The van der Waals surface area contributed by atoms with Crippen LogP contribution in [0.4, 0.5) is 5.13 Å². The van der Waals surface area contributed by atoms with Crippen LogP contribution in [0.15, 0.2) is 54.6 Å². The molecule has 2 aromatic carbocycles. The Morgan fingerprint density at radius 3 is 2.67 bits per heavy atom. The van der Waals surface area contributed by atoms with Crippen molar-refractivity contribution in [3.8, 4) is 6.07 Å². The molecule has 0 spiro atoms. The van der Waals surface area contributed by atoms with Gasteiger partial charge in [-0.25, -0.2) is 4.98 Å². The second kappa shape index (κ2) is 7.07. The van der Waals surface area contributed by atoms with Gasteiger partial charge in [0.1, 0.15) is 0 Å². The Bertz CT molecular complexity index is 902. The van der Waals surface area contributed by atoms with E-state index in [9.17, 15) is 4.79 Å². The van der Waals surface area contributed by atoms with Gasteiger partial charge < -0.3 is 0 Å². The fraction of sp³-hybridized carbons (Fsp3) is 0.105. The van der Waals surface area contributed by atoms with Crippen molar-refractivity contribution in [3.05, 3.63) is 65.7 Å². The fourth-order valence-corrected chi connectivity index (χ4v) is 3.32. The Hall–Kier alpha value is -2.97. The number of fused-ring (bicyclic) bond motifs is 1. The summed E-state index contributed by atoms with van der Waals surface area (Å²) in [5.74, 6) is -0.110. The lowest BCUT2D eigenvalue weighted by atomic mass is 10.1. The zero-order chi connectivity index (χ0) is 16.9. The summed E-state index contributed by atoms with van der Waals surface area (Å²) in [6.07, 6.45) is 3.29. The Morgan fingerprint density at radius 1 is 1.25 bits per heavy atom. The number of thiazole rings is 1. The van der Waals surface area contributed by atoms with Crippen LogP contribution in [0, 0.1) is 11.3 Å². The number of carbonyl (C=O) groups excluding carboxylic acids is 1. The van der Waals surface area contributed by atoms with E-state index in [-0.39, 0.29) is 5.91 Å². The summed E-state index contributed by atoms with van der Waals surface area (Å²) in [4.78, 5) is 18.7. The lowest BCUT2D eigenvalue weighted by Crippen LogP contribution is -2.28. The number of anilines is 1. The van der Waals surface area contributed by atoms with Crippen molar-refractivity contribution in [1.82, 2.24) is 4.98 Å². The lowest BCUT2D eigenvalue weighted by molar-refractivity contribution is -0.114. The summed E-state index contributed by atoms with van der Waals surface area (Å²) < 4.78 is 1.06. The first-order chi connectivity index (χ1) is 11.7. The molecule has 118 valence electrons. The quantitative estimate of drug-likeness (QED) is 0.671. The predicted molar refractivity (Wildman–Crippen MR) is 97.8 cm³/mol. The molecule has 0 saturated heterocycles. The molecular formula is C19H15N3OS. The zero-order valence-electron chi connectivity index (χ0n) is 13.1. The Labute approximate surface area is 144 Å². The highest BCUT2D eigenvalue weighted by Gasteiger charge is 2.15. The first-order valence-electron chi connectivity index (χ1n) is 7.56. The van der Waals surface area contributed by atoms with Crippen LogP contribution in [0.1, 0.15) is 18.1 Å². The number of benzene rings is 2. The van der Waals surface area contributed by atoms with Crippen molar-refractivity contribution in [1.29, 1.82) is 5.26 Å². The van der Waals surface area contributed by atoms with E-state index in [2.05, 4.69) is 11.1 Å². The minimum absolute atomic E-state index is 0.110. The molecule has 0 saturated carbocycles. The molecule has 0 aliphatic carbocycles. The van der Waals surface area contributed by atoms with Crippen molar-refractivity contribution in [2.24, 2.45) is 0 Å². The van der Waals surface area contributed by atoms with Gasteiger partial charge in [-0.15, -0.1) is 0 Å². The molecule has 1 aromatic heterocycles. The molecule has 1 heterocycles. The molecule has 0 N–H and O–H groups in total. The topological polar surface area (TPSA) is 57.0 Å². The Balaban J connectivity index is 1.80. The molecule has 0 aliphatic heterocycles. The summed E-state index contributed by atoms with van der Waals surface area (Å²) in [6.45, 7) is 2.48. The summed E-state index contributed by atoms with van der Waals surface area (Å²) in [5.41, 5.74) is 2.38. The highest BCUT2D eigenvalue weighted by atomic mass is 32.1.